The van der Waals surface area contributed by atoms with Gasteiger partial charge in [0.2, 0.25) is 0 Å². The predicted molar refractivity (Wildman–Crippen MR) is 70.8 cm³/mol. The minimum Gasteiger partial charge on any atom is -0.366 e. The quantitative estimate of drug-likeness (QED) is 0.852. The van der Waals surface area contributed by atoms with Crippen molar-refractivity contribution < 1.29 is 9.63 Å². The number of carbonyl (C=O) groups is 1. The van der Waals surface area contributed by atoms with E-state index in [9.17, 15) is 4.79 Å². The monoisotopic (exact) mass is 309 g/mol. The molecule has 0 atom stereocenters. The minimum atomic E-state index is -0.469. The number of hydrogen-bond donors (Lipinski definition) is 2. The molecule has 0 aliphatic carbocycles. The summed E-state index contributed by atoms with van der Waals surface area (Å²) in [4.78, 5) is 23.8. The molecular weight excluding hydrogens is 298 g/mol. The van der Waals surface area contributed by atoms with Gasteiger partial charge in [-0.2, -0.15) is 5.48 Å². The average Bonchev–Trinajstić information content (AvgIpc) is 2.79. The number of carbonyl (C=O) groups excluding carboxylic acids is 1. The van der Waals surface area contributed by atoms with Gasteiger partial charge in [0.1, 0.15) is 5.69 Å². The van der Waals surface area contributed by atoms with E-state index < -0.39 is 5.97 Å². The van der Waals surface area contributed by atoms with E-state index in [4.69, 9.17) is 4.84 Å². The highest BCUT2D eigenvalue weighted by Gasteiger charge is 2.20. The lowest BCUT2D eigenvalue weighted by atomic mass is 10.1. The molecule has 0 unspecified atom stereocenters. The molecule has 0 saturated heterocycles. The first-order valence-corrected chi connectivity index (χ1v) is 6.25. The van der Waals surface area contributed by atoms with Crippen LogP contribution >= 0.6 is 15.9 Å². The summed E-state index contributed by atoms with van der Waals surface area (Å²) < 4.78 is 0.768. The van der Waals surface area contributed by atoms with Gasteiger partial charge in [-0.1, -0.05) is 6.07 Å². The standard InChI is InChI=1S/C12H12BrN3O2/c1-2-16-18-12(17)11-10(8(13)7-15-11)9-5-3-4-6-14-9/h3-7,15-16H,2H2,1H3. The molecule has 0 aliphatic rings. The van der Waals surface area contributed by atoms with Gasteiger partial charge in [-0.25, -0.2) is 4.79 Å². The number of hydrogen-bond acceptors (Lipinski definition) is 4. The summed E-state index contributed by atoms with van der Waals surface area (Å²) in [5.41, 5.74) is 4.29. The van der Waals surface area contributed by atoms with E-state index in [0.29, 0.717) is 23.5 Å². The van der Waals surface area contributed by atoms with E-state index in [1.54, 1.807) is 12.4 Å². The Hall–Kier alpha value is -1.66. The van der Waals surface area contributed by atoms with Crippen molar-refractivity contribution in [3.05, 3.63) is 40.8 Å². The zero-order chi connectivity index (χ0) is 13.0. The van der Waals surface area contributed by atoms with Crippen LogP contribution < -0.4 is 5.48 Å². The van der Waals surface area contributed by atoms with Crippen molar-refractivity contribution in [2.45, 2.75) is 6.92 Å². The van der Waals surface area contributed by atoms with Crippen LogP contribution in [0.1, 0.15) is 17.4 Å². The number of pyridine rings is 1. The van der Waals surface area contributed by atoms with E-state index in [2.05, 4.69) is 31.4 Å². The molecule has 2 aromatic heterocycles. The van der Waals surface area contributed by atoms with Crippen LogP contribution in [0.2, 0.25) is 0 Å². The van der Waals surface area contributed by atoms with Gasteiger partial charge in [-0.05, 0) is 35.0 Å². The van der Waals surface area contributed by atoms with Crippen LogP contribution in [-0.4, -0.2) is 22.5 Å². The molecule has 0 radical (unpaired) electrons. The van der Waals surface area contributed by atoms with Crippen molar-refractivity contribution in [2.75, 3.05) is 6.54 Å². The molecule has 2 N–H and O–H groups in total. The maximum atomic E-state index is 11.8. The van der Waals surface area contributed by atoms with E-state index in [-0.39, 0.29) is 0 Å². The fraction of sp³-hybridized carbons (Fsp3) is 0.167. The molecule has 6 heteroatoms. The number of H-pyrrole nitrogens is 1. The third-order valence-electron chi connectivity index (χ3n) is 2.27. The van der Waals surface area contributed by atoms with Crippen molar-refractivity contribution in [3.63, 3.8) is 0 Å². The highest BCUT2D eigenvalue weighted by Crippen LogP contribution is 2.30. The number of nitrogens with one attached hydrogen (secondary N) is 2. The first kappa shape index (κ1) is 12.8. The number of nitrogens with zero attached hydrogens (tertiary/aromatic N) is 1. The van der Waals surface area contributed by atoms with Crippen LogP contribution in [0.3, 0.4) is 0 Å². The van der Waals surface area contributed by atoms with E-state index in [0.717, 1.165) is 4.47 Å². The third-order valence-corrected chi connectivity index (χ3v) is 2.89. The summed E-state index contributed by atoms with van der Waals surface area (Å²) in [6, 6.07) is 5.51. The van der Waals surface area contributed by atoms with E-state index in [1.807, 2.05) is 25.1 Å². The Balaban J connectivity index is 2.36. The van der Waals surface area contributed by atoms with Gasteiger partial charge in [0.25, 0.3) is 0 Å². The zero-order valence-corrected chi connectivity index (χ0v) is 11.3. The van der Waals surface area contributed by atoms with Crippen LogP contribution in [0, 0.1) is 0 Å². The lowest BCUT2D eigenvalue weighted by Gasteiger charge is -2.05. The Kier molecular flexibility index (Phi) is 4.11. The molecule has 94 valence electrons. The zero-order valence-electron chi connectivity index (χ0n) is 9.74. The SMILES string of the molecule is CCNOC(=O)c1[nH]cc(Br)c1-c1ccccn1. The second kappa shape index (κ2) is 5.79. The van der Waals surface area contributed by atoms with Crippen molar-refractivity contribution in [1.29, 1.82) is 0 Å². The van der Waals surface area contributed by atoms with Gasteiger partial charge in [0.15, 0.2) is 0 Å². The summed E-state index contributed by atoms with van der Waals surface area (Å²) in [5.74, 6) is -0.469. The van der Waals surface area contributed by atoms with Gasteiger partial charge < -0.3 is 9.82 Å². The molecule has 0 bridgehead atoms. The van der Waals surface area contributed by atoms with Crippen molar-refractivity contribution in [1.82, 2.24) is 15.4 Å². The number of halogens is 1. The Bertz CT molecular complexity index is 540. The fourth-order valence-electron chi connectivity index (χ4n) is 1.51. The molecule has 2 heterocycles. The lowest BCUT2D eigenvalue weighted by molar-refractivity contribution is 0.0260. The second-order valence-corrected chi connectivity index (χ2v) is 4.34. The number of aromatic amines is 1. The minimum absolute atomic E-state index is 0.363. The highest BCUT2D eigenvalue weighted by atomic mass is 79.9. The average molecular weight is 310 g/mol. The maximum Gasteiger partial charge on any atom is 0.374 e. The number of rotatable bonds is 4. The second-order valence-electron chi connectivity index (χ2n) is 3.49. The van der Waals surface area contributed by atoms with Crippen LogP contribution in [0.25, 0.3) is 11.3 Å². The molecule has 0 amide bonds. The fourth-order valence-corrected chi connectivity index (χ4v) is 2.03. The highest BCUT2D eigenvalue weighted by molar-refractivity contribution is 9.10. The Morgan fingerprint density at radius 1 is 1.56 bits per heavy atom. The molecule has 0 fully saturated rings. The summed E-state index contributed by atoms with van der Waals surface area (Å²) in [5, 5.41) is 0. The summed E-state index contributed by atoms with van der Waals surface area (Å²) in [7, 11) is 0. The Morgan fingerprint density at radius 2 is 2.39 bits per heavy atom. The molecule has 2 aromatic rings. The Labute approximate surface area is 113 Å². The Morgan fingerprint density at radius 3 is 3.06 bits per heavy atom. The molecule has 0 aliphatic heterocycles. The molecule has 0 aromatic carbocycles. The molecule has 5 nitrogen and oxygen atoms in total. The first-order chi connectivity index (χ1) is 8.74. The van der Waals surface area contributed by atoms with Crippen molar-refractivity contribution in [2.24, 2.45) is 0 Å². The smallest absolute Gasteiger partial charge is 0.366 e. The first-order valence-electron chi connectivity index (χ1n) is 5.46. The molecule has 2 rings (SSSR count). The van der Waals surface area contributed by atoms with Gasteiger partial charge >= 0.3 is 5.97 Å². The summed E-state index contributed by atoms with van der Waals surface area (Å²) >= 11 is 3.39. The van der Waals surface area contributed by atoms with Gasteiger partial charge in [-0.15, -0.1) is 0 Å². The predicted octanol–water partition coefficient (Wildman–Crippen LogP) is 2.52. The van der Waals surface area contributed by atoms with Crippen molar-refractivity contribution >= 4 is 21.9 Å². The topological polar surface area (TPSA) is 67.0 Å². The molecular formula is C12H12BrN3O2. The maximum absolute atomic E-state index is 11.8. The third kappa shape index (κ3) is 2.60. The van der Waals surface area contributed by atoms with Crippen molar-refractivity contribution in [3.8, 4) is 11.3 Å². The van der Waals surface area contributed by atoms with Crippen LogP contribution in [0.5, 0.6) is 0 Å². The van der Waals surface area contributed by atoms with E-state index >= 15 is 0 Å². The number of hydroxylamine groups is 1. The lowest BCUT2D eigenvalue weighted by Crippen LogP contribution is -2.20. The normalized spacial score (nSPS) is 10.3. The molecule has 18 heavy (non-hydrogen) atoms. The van der Waals surface area contributed by atoms with E-state index in [1.165, 1.54) is 0 Å². The van der Waals surface area contributed by atoms with Crippen LogP contribution in [0.4, 0.5) is 0 Å². The molecule has 0 saturated carbocycles. The molecule has 0 spiro atoms. The van der Waals surface area contributed by atoms with Gasteiger partial charge in [-0.3, -0.25) is 4.98 Å². The largest absolute Gasteiger partial charge is 0.374 e. The van der Waals surface area contributed by atoms with Crippen LogP contribution in [0.15, 0.2) is 35.1 Å². The van der Waals surface area contributed by atoms with Crippen LogP contribution in [-0.2, 0) is 4.84 Å². The number of aromatic nitrogens is 2. The summed E-state index contributed by atoms with van der Waals surface area (Å²) in [6.07, 6.45) is 3.36. The summed E-state index contributed by atoms with van der Waals surface area (Å²) in [6.45, 7) is 2.39. The van der Waals surface area contributed by atoms with Gasteiger partial charge in [0.05, 0.1) is 5.69 Å². The van der Waals surface area contributed by atoms with Gasteiger partial charge in [0, 0.05) is 29.0 Å².